The highest BCUT2D eigenvalue weighted by molar-refractivity contribution is 5.76. The van der Waals surface area contributed by atoms with E-state index in [0.717, 1.165) is 18.4 Å². The SMILES string of the molecule is CC(C)n1nc(-c2nc(CCN(C)C(=O)CCc3ccccc3)no2)c2c1CCOC2. The number of aromatic nitrogens is 4. The van der Waals surface area contributed by atoms with E-state index in [-0.39, 0.29) is 11.9 Å². The summed E-state index contributed by atoms with van der Waals surface area (Å²) in [5.41, 5.74) is 4.08. The molecule has 1 amide bonds. The maximum atomic E-state index is 12.4. The summed E-state index contributed by atoms with van der Waals surface area (Å²) in [5, 5.41) is 8.83. The van der Waals surface area contributed by atoms with Gasteiger partial charge in [0.05, 0.1) is 13.2 Å². The molecule has 31 heavy (non-hydrogen) atoms. The number of hydrogen-bond acceptors (Lipinski definition) is 6. The third kappa shape index (κ3) is 4.85. The number of amides is 1. The topological polar surface area (TPSA) is 86.3 Å². The van der Waals surface area contributed by atoms with Gasteiger partial charge in [-0.05, 0) is 25.8 Å². The van der Waals surface area contributed by atoms with Crippen LogP contribution >= 0.6 is 0 Å². The van der Waals surface area contributed by atoms with Crippen LogP contribution in [0.5, 0.6) is 0 Å². The summed E-state index contributed by atoms with van der Waals surface area (Å²) in [6.45, 7) is 5.96. The van der Waals surface area contributed by atoms with E-state index in [1.54, 1.807) is 4.90 Å². The molecule has 1 aromatic carbocycles. The molecule has 164 valence electrons. The number of rotatable bonds is 8. The first-order chi connectivity index (χ1) is 15.0. The fourth-order valence-electron chi connectivity index (χ4n) is 3.79. The molecule has 1 aliphatic rings. The molecule has 0 bridgehead atoms. The highest BCUT2D eigenvalue weighted by atomic mass is 16.5. The lowest BCUT2D eigenvalue weighted by atomic mass is 10.1. The maximum absolute atomic E-state index is 12.4. The molecule has 0 radical (unpaired) electrons. The van der Waals surface area contributed by atoms with Crippen LogP contribution < -0.4 is 0 Å². The van der Waals surface area contributed by atoms with Gasteiger partial charge in [0.1, 0.15) is 0 Å². The number of hydrogen-bond donors (Lipinski definition) is 0. The van der Waals surface area contributed by atoms with Crippen molar-refractivity contribution in [2.75, 3.05) is 20.2 Å². The highest BCUT2D eigenvalue weighted by Gasteiger charge is 2.26. The molecule has 3 heterocycles. The standard InChI is InChI=1S/C23H29N5O3/c1-16(2)28-19-12-14-30-15-18(19)22(25-28)23-24-20(26-31-23)11-13-27(3)21(29)10-9-17-7-5-4-6-8-17/h4-8,16H,9-15H2,1-3H3. The molecule has 0 unspecified atom stereocenters. The number of carbonyl (C=O) groups is 1. The highest BCUT2D eigenvalue weighted by Crippen LogP contribution is 2.30. The Labute approximate surface area is 182 Å². The van der Waals surface area contributed by atoms with Gasteiger partial charge in [0.25, 0.3) is 5.89 Å². The maximum Gasteiger partial charge on any atom is 0.278 e. The number of nitrogens with zero attached hydrogens (tertiary/aromatic N) is 5. The van der Waals surface area contributed by atoms with Crippen molar-refractivity contribution < 1.29 is 14.1 Å². The average Bonchev–Trinajstić information content (AvgIpc) is 3.41. The Morgan fingerprint density at radius 3 is 2.81 bits per heavy atom. The molecule has 0 aliphatic carbocycles. The Morgan fingerprint density at radius 1 is 1.23 bits per heavy atom. The number of carbonyl (C=O) groups excluding carboxylic acids is 1. The van der Waals surface area contributed by atoms with Crippen molar-refractivity contribution in [3.05, 3.63) is 53.0 Å². The van der Waals surface area contributed by atoms with Crippen molar-refractivity contribution in [3.63, 3.8) is 0 Å². The van der Waals surface area contributed by atoms with Gasteiger partial charge >= 0.3 is 0 Å². The van der Waals surface area contributed by atoms with Crippen molar-refractivity contribution in [1.29, 1.82) is 0 Å². The zero-order valence-electron chi connectivity index (χ0n) is 18.4. The quantitative estimate of drug-likeness (QED) is 0.553. The van der Waals surface area contributed by atoms with Gasteiger partial charge in [-0.25, -0.2) is 0 Å². The predicted octanol–water partition coefficient (Wildman–Crippen LogP) is 3.22. The number of aryl methyl sites for hydroxylation is 1. The van der Waals surface area contributed by atoms with Crippen molar-refractivity contribution in [2.24, 2.45) is 0 Å². The molecule has 1 aliphatic heterocycles. The normalized spacial score (nSPS) is 13.4. The van der Waals surface area contributed by atoms with E-state index < -0.39 is 0 Å². The molecule has 2 aromatic heterocycles. The minimum Gasteiger partial charge on any atom is -0.376 e. The van der Waals surface area contributed by atoms with Crippen molar-refractivity contribution >= 4 is 5.91 Å². The molecule has 0 saturated carbocycles. The summed E-state index contributed by atoms with van der Waals surface area (Å²) >= 11 is 0. The number of ether oxygens (including phenoxy) is 1. The van der Waals surface area contributed by atoms with Crippen molar-refractivity contribution in [3.8, 4) is 11.6 Å². The van der Waals surface area contributed by atoms with Crippen LogP contribution in [0.3, 0.4) is 0 Å². The van der Waals surface area contributed by atoms with E-state index in [9.17, 15) is 4.79 Å². The Kier molecular flexibility index (Phi) is 6.46. The summed E-state index contributed by atoms with van der Waals surface area (Å²) in [6.07, 6.45) is 2.58. The summed E-state index contributed by atoms with van der Waals surface area (Å²) in [4.78, 5) is 18.7. The van der Waals surface area contributed by atoms with Crippen LogP contribution in [0.25, 0.3) is 11.6 Å². The minimum atomic E-state index is 0.106. The lowest BCUT2D eigenvalue weighted by molar-refractivity contribution is -0.129. The van der Waals surface area contributed by atoms with Crippen LogP contribution in [0.4, 0.5) is 0 Å². The first-order valence-electron chi connectivity index (χ1n) is 10.8. The van der Waals surface area contributed by atoms with Crippen LogP contribution in [0.1, 0.15) is 49.0 Å². The van der Waals surface area contributed by atoms with Crippen LogP contribution in [0, 0.1) is 0 Å². The minimum absolute atomic E-state index is 0.106. The average molecular weight is 424 g/mol. The molecule has 3 aromatic rings. The van der Waals surface area contributed by atoms with Crippen LogP contribution in [-0.2, 0) is 35.4 Å². The van der Waals surface area contributed by atoms with Gasteiger partial charge in [-0.3, -0.25) is 9.48 Å². The Hall–Kier alpha value is -3.00. The van der Waals surface area contributed by atoms with Gasteiger partial charge in [0, 0.05) is 50.2 Å². The zero-order valence-corrected chi connectivity index (χ0v) is 18.4. The largest absolute Gasteiger partial charge is 0.376 e. The van der Waals surface area contributed by atoms with E-state index in [1.807, 2.05) is 42.1 Å². The zero-order chi connectivity index (χ0) is 21.8. The summed E-state index contributed by atoms with van der Waals surface area (Å²) in [7, 11) is 1.81. The second-order valence-electron chi connectivity index (χ2n) is 8.18. The molecule has 8 nitrogen and oxygen atoms in total. The Balaban J connectivity index is 1.37. The molecule has 8 heteroatoms. The third-order valence-electron chi connectivity index (χ3n) is 5.57. The van der Waals surface area contributed by atoms with E-state index in [4.69, 9.17) is 14.4 Å². The second kappa shape index (κ2) is 9.43. The molecular weight excluding hydrogens is 394 g/mol. The lowest BCUT2D eigenvalue weighted by Crippen LogP contribution is -2.29. The summed E-state index contributed by atoms with van der Waals surface area (Å²) in [6, 6.07) is 10.3. The van der Waals surface area contributed by atoms with Crippen LogP contribution in [0.15, 0.2) is 34.9 Å². The van der Waals surface area contributed by atoms with Crippen molar-refractivity contribution in [1.82, 2.24) is 24.8 Å². The second-order valence-corrected chi connectivity index (χ2v) is 8.18. The molecule has 0 spiro atoms. The van der Waals surface area contributed by atoms with Crippen LogP contribution in [0.2, 0.25) is 0 Å². The fourth-order valence-corrected chi connectivity index (χ4v) is 3.79. The molecule has 4 rings (SSSR count). The van der Waals surface area contributed by atoms with Gasteiger partial charge in [0.15, 0.2) is 11.5 Å². The monoisotopic (exact) mass is 423 g/mol. The molecule has 0 fully saturated rings. The molecule has 0 atom stereocenters. The van der Waals surface area contributed by atoms with E-state index in [1.165, 1.54) is 11.3 Å². The number of fused-ring (bicyclic) bond motifs is 1. The molecule has 0 N–H and O–H groups in total. The fraction of sp³-hybridized carbons (Fsp3) is 0.478. The summed E-state index contributed by atoms with van der Waals surface area (Å²) in [5.74, 6) is 1.09. The van der Waals surface area contributed by atoms with Gasteiger partial charge < -0.3 is 14.2 Å². The van der Waals surface area contributed by atoms with Gasteiger partial charge in [0.2, 0.25) is 5.91 Å². The van der Waals surface area contributed by atoms with E-state index in [0.29, 0.717) is 50.0 Å². The first kappa shape index (κ1) is 21.2. The Morgan fingerprint density at radius 2 is 2.03 bits per heavy atom. The van der Waals surface area contributed by atoms with Gasteiger partial charge in [-0.15, -0.1) is 0 Å². The van der Waals surface area contributed by atoms with Gasteiger partial charge in [-0.1, -0.05) is 35.5 Å². The van der Waals surface area contributed by atoms with Crippen molar-refractivity contribution in [2.45, 2.75) is 52.2 Å². The van der Waals surface area contributed by atoms with Crippen LogP contribution in [-0.4, -0.2) is 50.9 Å². The van der Waals surface area contributed by atoms with E-state index in [2.05, 4.69) is 24.0 Å². The van der Waals surface area contributed by atoms with E-state index >= 15 is 0 Å². The first-order valence-corrected chi connectivity index (χ1v) is 10.8. The predicted molar refractivity (Wildman–Crippen MR) is 115 cm³/mol. The third-order valence-corrected chi connectivity index (χ3v) is 5.57. The number of likely N-dealkylation sites (N-methyl/N-ethyl adjacent to an activating group) is 1. The smallest absolute Gasteiger partial charge is 0.278 e. The lowest BCUT2D eigenvalue weighted by Gasteiger charge is -2.16. The number of benzene rings is 1. The molecular formula is C23H29N5O3. The van der Waals surface area contributed by atoms with Gasteiger partial charge in [-0.2, -0.15) is 10.1 Å². The Bertz CT molecular complexity index is 1030. The molecule has 0 saturated heterocycles. The summed E-state index contributed by atoms with van der Waals surface area (Å²) < 4.78 is 13.2.